The van der Waals surface area contributed by atoms with E-state index in [0.29, 0.717) is 0 Å². The lowest BCUT2D eigenvalue weighted by molar-refractivity contribution is -0.155. The van der Waals surface area contributed by atoms with Crippen molar-refractivity contribution >= 4 is 28.0 Å². The Morgan fingerprint density at radius 1 is 1.17 bits per heavy atom. The largest absolute Gasteiger partial charge is 0.460 e. The smallest absolute Gasteiger partial charge is 0.407 e. The molecule has 0 heterocycles. The number of rotatable bonds is 8. The normalized spacial score (nSPS) is 13.8. The van der Waals surface area contributed by atoms with Gasteiger partial charge in [-0.15, -0.1) is 0 Å². The van der Waals surface area contributed by atoms with E-state index in [1.807, 2.05) is 0 Å². The van der Waals surface area contributed by atoms with Gasteiger partial charge in [-0.1, -0.05) is 0 Å². The Morgan fingerprint density at radius 3 is 2.17 bits per heavy atom. The topological polar surface area (TPSA) is 108 Å². The van der Waals surface area contributed by atoms with E-state index in [1.54, 1.807) is 20.8 Å². The highest BCUT2D eigenvalue weighted by molar-refractivity contribution is 8.32. The number of hydrogen-bond donors (Lipinski definition) is 2. The fraction of sp³-hybridized carbons (Fsp3) is 0.800. The maximum Gasteiger partial charge on any atom is 0.407 e. The molecule has 0 aliphatic heterocycles. The second kappa shape index (κ2) is 9.00. The van der Waals surface area contributed by atoms with Crippen LogP contribution in [0.15, 0.2) is 0 Å². The number of hydrogen-bond acceptors (Lipinski definition) is 5. The third kappa shape index (κ3) is 12.8. The predicted molar refractivity (Wildman–Crippen MR) is 92.8 cm³/mol. The summed E-state index contributed by atoms with van der Waals surface area (Å²) < 4.78 is 10.2. The summed E-state index contributed by atoms with van der Waals surface area (Å²) in [5.74, 6) is -0.387. The molecule has 136 valence electrons. The average molecular weight is 350 g/mol. The summed E-state index contributed by atoms with van der Waals surface area (Å²) in [6, 6.07) is -0.961. The Bertz CT molecular complexity index is 427. The Morgan fingerprint density at radius 2 is 1.74 bits per heavy atom. The molecule has 1 atom stereocenters. The van der Waals surface area contributed by atoms with Gasteiger partial charge < -0.3 is 20.5 Å². The van der Waals surface area contributed by atoms with Gasteiger partial charge in [-0.25, -0.2) is 14.8 Å². The Hall–Kier alpha value is -1.44. The third-order valence-corrected chi connectivity index (χ3v) is 4.01. The minimum absolute atomic E-state index is 0.0166. The highest BCUT2D eigenvalue weighted by atomic mass is 32.3. The minimum Gasteiger partial charge on any atom is -0.460 e. The molecule has 0 aliphatic carbocycles. The molecule has 0 radical (unpaired) electrons. The summed E-state index contributed by atoms with van der Waals surface area (Å²) in [5, 5.41) is 2.39. The molecule has 0 aliphatic rings. The Labute approximate surface area is 140 Å². The first kappa shape index (κ1) is 21.6. The average Bonchev–Trinajstić information content (AvgIpc) is 2.30. The molecule has 0 aromatic rings. The molecule has 0 rings (SSSR count). The van der Waals surface area contributed by atoms with Crippen LogP contribution in [-0.2, 0) is 19.1 Å². The van der Waals surface area contributed by atoms with E-state index in [2.05, 4.69) is 24.1 Å². The molecule has 0 saturated carbocycles. The fourth-order valence-electron chi connectivity index (χ4n) is 1.51. The Kier molecular flexibility index (Phi) is 8.44. The van der Waals surface area contributed by atoms with Crippen LogP contribution in [0.2, 0.25) is 0 Å². The number of nitrogens with one attached hydrogen (secondary N) is 1. The minimum atomic E-state index is -0.961. The van der Waals surface area contributed by atoms with E-state index >= 15 is 0 Å². The van der Waals surface area contributed by atoms with Gasteiger partial charge in [0.25, 0.3) is 0 Å². The van der Waals surface area contributed by atoms with E-state index in [0.717, 1.165) is 5.75 Å². The zero-order valence-electron chi connectivity index (χ0n) is 14.9. The number of carbonyl (C=O) groups is 3. The molecule has 8 heteroatoms. The second-order valence-corrected chi connectivity index (χ2v) is 11.7. The molecule has 0 bridgehead atoms. The summed E-state index contributed by atoms with van der Waals surface area (Å²) in [7, 11) is -0.761. The number of nitrogens with two attached hydrogens (primary N) is 1. The third-order valence-electron chi connectivity index (χ3n) is 2.62. The van der Waals surface area contributed by atoms with Gasteiger partial charge in [0, 0.05) is 12.2 Å². The van der Waals surface area contributed by atoms with Crippen LogP contribution in [0.25, 0.3) is 0 Å². The number of primary amides is 1. The van der Waals surface area contributed by atoms with E-state index in [-0.39, 0.29) is 19.4 Å². The number of alkyl carbamates (subject to hydrolysis) is 1. The van der Waals surface area contributed by atoms with Crippen LogP contribution in [0.1, 0.15) is 33.6 Å². The summed E-state index contributed by atoms with van der Waals surface area (Å²) in [4.78, 5) is 34.7. The standard InChI is InChI=1S/C15H30N2O5S/c1-15(2,3)22-12(18)8-7-11(13(16)19)17-14(20)21-9-10-23(4,5)6/h11H,7-10H2,1-6H3,(H2,16,19)(H,17,20). The van der Waals surface area contributed by atoms with Crippen LogP contribution in [0.3, 0.4) is 0 Å². The van der Waals surface area contributed by atoms with E-state index in [1.165, 1.54) is 0 Å². The first-order chi connectivity index (χ1) is 10.3. The molecule has 2 amide bonds. The quantitative estimate of drug-likeness (QED) is 0.643. The van der Waals surface area contributed by atoms with E-state index in [4.69, 9.17) is 15.2 Å². The van der Waals surface area contributed by atoms with Crippen molar-refractivity contribution in [1.29, 1.82) is 0 Å². The molecule has 7 nitrogen and oxygen atoms in total. The van der Waals surface area contributed by atoms with E-state index in [9.17, 15) is 14.4 Å². The van der Waals surface area contributed by atoms with Crippen molar-refractivity contribution in [3.05, 3.63) is 0 Å². The van der Waals surface area contributed by atoms with Crippen molar-refractivity contribution in [2.45, 2.75) is 45.3 Å². The molecular formula is C15H30N2O5S. The summed E-state index contributed by atoms with van der Waals surface area (Å²) in [6.07, 6.45) is 5.69. The van der Waals surface area contributed by atoms with Crippen LogP contribution in [0.4, 0.5) is 4.79 Å². The van der Waals surface area contributed by atoms with Crippen LogP contribution >= 0.6 is 10.0 Å². The zero-order chi connectivity index (χ0) is 18.3. The van der Waals surface area contributed by atoms with Gasteiger partial charge in [0.2, 0.25) is 5.91 Å². The number of esters is 1. The lowest BCUT2D eigenvalue weighted by Gasteiger charge is -2.24. The van der Waals surface area contributed by atoms with Crippen molar-refractivity contribution in [2.75, 3.05) is 31.1 Å². The first-order valence-corrected chi connectivity index (χ1v) is 10.4. The van der Waals surface area contributed by atoms with Gasteiger partial charge in [-0.2, -0.15) is 0 Å². The monoisotopic (exact) mass is 350 g/mol. The summed E-state index contributed by atoms with van der Waals surface area (Å²) >= 11 is 0. The molecular weight excluding hydrogens is 320 g/mol. The van der Waals surface area contributed by atoms with Crippen LogP contribution < -0.4 is 11.1 Å². The second-order valence-electron chi connectivity index (χ2n) is 7.16. The van der Waals surface area contributed by atoms with Gasteiger partial charge >= 0.3 is 12.1 Å². The zero-order valence-corrected chi connectivity index (χ0v) is 15.7. The fourth-order valence-corrected chi connectivity index (χ4v) is 2.09. The molecule has 0 saturated heterocycles. The highest BCUT2D eigenvalue weighted by Crippen LogP contribution is 2.33. The molecule has 3 N–H and O–H groups in total. The maximum absolute atomic E-state index is 11.7. The molecule has 0 aromatic carbocycles. The van der Waals surface area contributed by atoms with Crippen molar-refractivity contribution in [3.8, 4) is 0 Å². The predicted octanol–water partition coefficient (Wildman–Crippen LogP) is 1.38. The maximum atomic E-state index is 11.7. The number of carbonyl (C=O) groups excluding carboxylic acids is 3. The van der Waals surface area contributed by atoms with Crippen molar-refractivity contribution in [2.24, 2.45) is 5.73 Å². The van der Waals surface area contributed by atoms with Crippen molar-refractivity contribution in [1.82, 2.24) is 5.32 Å². The highest BCUT2D eigenvalue weighted by Gasteiger charge is 2.22. The Balaban J connectivity index is 4.29. The summed E-state index contributed by atoms with van der Waals surface area (Å²) in [5.41, 5.74) is 4.64. The summed E-state index contributed by atoms with van der Waals surface area (Å²) in [6.45, 7) is 5.54. The van der Waals surface area contributed by atoms with Gasteiger partial charge in [-0.05, 0) is 46.0 Å². The van der Waals surface area contributed by atoms with Gasteiger partial charge in [0.05, 0.1) is 0 Å². The molecule has 0 aromatic heterocycles. The van der Waals surface area contributed by atoms with Crippen LogP contribution in [0.5, 0.6) is 0 Å². The van der Waals surface area contributed by atoms with Crippen LogP contribution in [-0.4, -0.2) is 60.7 Å². The molecule has 0 spiro atoms. The van der Waals surface area contributed by atoms with Gasteiger partial charge in [-0.3, -0.25) is 9.59 Å². The van der Waals surface area contributed by atoms with Crippen molar-refractivity contribution in [3.63, 3.8) is 0 Å². The van der Waals surface area contributed by atoms with Crippen molar-refractivity contribution < 1.29 is 23.9 Å². The van der Waals surface area contributed by atoms with Gasteiger partial charge in [0.1, 0.15) is 18.2 Å². The SMILES string of the molecule is CC(C)(C)OC(=O)CCC(NC(=O)OCCS(C)(C)C)C(N)=O. The van der Waals surface area contributed by atoms with E-state index < -0.39 is 39.6 Å². The lowest BCUT2D eigenvalue weighted by atomic mass is 10.1. The first-order valence-electron chi connectivity index (χ1n) is 7.40. The lowest BCUT2D eigenvalue weighted by Crippen LogP contribution is -2.45. The van der Waals surface area contributed by atoms with Gasteiger partial charge in [0.15, 0.2) is 0 Å². The molecule has 0 fully saturated rings. The molecule has 1 unspecified atom stereocenters. The van der Waals surface area contributed by atoms with Crippen LogP contribution in [0, 0.1) is 0 Å². The number of amides is 2. The number of ether oxygens (including phenoxy) is 2. The molecule has 23 heavy (non-hydrogen) atoms.